The molecule has 3 saturated heterocycles. The normalized spacial score (nSPS) is 23.9. The molecule has 162 valence electrons. The molecule has 0 aliphatic carbocycles. The van der Waals surface area contributed by atoms with Gasteiger partial charge in [0.25, 0.3) is 5.91 Å². The number of benzene rings is 1. The Labute approximate surface area is 176 Å². The summed E-state index contributed by atoms with van der Waals surface area (Å²) < 4.78 is 62.8. The van der Waals surface area contributed by atoms with Crippen molar-refractivity contribution in [1.29, 1.82) is 0 Å². The number of hydrogen-bond acceptors (Lipinski definition) is 5. The molecule has 0 radical (unpaired) electrons. The van der Waals surface area contributed by atoms with Gasteiger partial charge in [-0.25, -0.2) is 0 Å². The van der Waals surface area contributed by atoms with E-state index in [1.54, 1.807) is 22.9 Å². The maximum absolute atomic E-state index is 12.7. The van der Waals surface area contributed by atoms with E-state index in [0.717, 1.165) is 43.8 Å². The van der Waals surface area contributed by atoms with Crippen LogP contribution in [0.3, 0.4) is 0 Å². The standard InChI is InChI=1S/C19H20F3N3O3S2/c20-19(21,22)30(27,28)24-14-4-2-1-3-13(14)16-5-6-17(29-16)18(26)23-15-11-25-9-7-12(15)8-10-25/h1-6,12,15,24H,7-11H2,(H,23,26). The Bertz CT molecular complexity index is 1040. The number of carbonyl (C=O) groups is 1. The summed E-state index contributed by atoms with van der Waals surface area (Å²) in [6.07, 6.45) is 2.13. The van der Waals surface area contributed by atoms with E-state index < -0.39 is 15.5 Å². The summed E-state index contributed by atoms with van der Waals surface area (Å²) in [6, 6.07) is 9.10. The zero-order valence-corrected chi connectivity index (χ0v) is 17.4. The van der Waals surface area contributed by atoms with Crippen LogP contribution >= 0.6 is 11.3 Å². The van der Waals surface area contributed by atoms with Gasteiger partial charge in [0.05, 0.1) is 10.6 Å². The number of nitrogens with one attached hydrogen (secondary N) is 2. The third kappa shape index (κ3) is 4.19. The van der Waals surface area contributed by atoms with Crippen LogP contribution in [0.25, 0.3) is 10.4 Å². The van der Waals surface area contributed by atoms with Crippen LogP contribution in [-0.4, -0.2) is 50.4 Å². The van der Waals surface area contributed by atoms with E-state index in [2.05, 4.69) is 10.2 Å². The Morgan fingerprint density at radius 2 is 1.80 bits per heavy atom. The van der Waals surface area contributed by atoms with E-state index in [1.165, 1.54) is 18.2 Å². The van der Waals surface area contributed by atoms with Crippen molar-refractivity contribution in [3.05, 3.63) is 41.3 Å². The summed E-state index contributed by atoms with van der Waals surface area (Å²) in [6.45, 7) is 2.95. The molecule has 5 rings (SSSR count). The lowest BCUT2D eigenvalue weighted by Gasteiger charge is -2.44. The maximum atomic E-state index is 12.7. The van der Waals surface area contributed by atoms with Crippen molar-refractivity contribution in [3.63, 3.8) is 0 Å². The van der Waals surface area contributed by atoms with Crippen molar-refractivity contribution in [1.82, 2.24) is 10.2 Å². The Balaban J connectivity index is 1.52. The van der Waals surface area contributed by atoms with Gasteiger partial charge >= 0.3 is 15.5 Å². The second kappa shape index (κ2) is 7.86. The topological polar surface area (TPSA) is 78.5 Å². The zero-order valence-electron chi connectivity index (χ0n) is 15.8. The maximum Gasteiger partial charge on any atom is 0.516 e. The number of para-hydroxylation sites is 1. The van der Waals surface area contributed by atoms with Crippen LogP contribution in [0, 0.1) is 5.92 Å². The lowest BCUT2D eigenvalue weighted by molar-refractivity contribution is -0.0429. The Hall–Kier alpha value is -2.11. The average Bonchev–Trinajstić information content (AvgIpc) is 3.18. The first-order valence-electron chi connectivity index (χ1n) is 9.45. The van der Waals surface area contributed by atoms with Crippen molar-refractivity contribution >= 4 is 33.0 Å². The predicted molar refractivity (Wildman–Crippen MR) is 109 cm³/mol. The Kier molecular flexibility index (Phi) is 5.54. The van der Waals surface area contributed by atoms with Crippen LogP contribution in [0.2, 0.25) is 0 Å². The summed E-state index contributed by atoms with van der Waals surface area (Å²) in [5, 5.41) is 3.07. The first-order valence-corrected chi connectivity index (χ1v) is 11.8. The van der Waals surface area contributed by atoms with Crippen molar-refractivity contribution < 1.29 is 26.4 Å². The zero-order chi connectivity index (χ0) is 21.5. The van der Waals surface area contributed by atoms with Crippen LogP contribution in [0.5, 0.6) is 0 Å². The molecule has 4 heterocycles. The van der Waals surface area contributed by atoms with Gasteiger partial charge in [-0.1, -0.05) is 18.2 Å². The van der Waals surface area contributed by atoms with E-state index in [1.807, 2.05) is 0 Å². The van der Waals surface area contributed by atoms with Gasteiger partial charge in [-0.2, -0.15) is 21.6 Å². The Morgan fingerprint density at radius 1 is 1.10 bits per heavy atom. The number of anilines is 1. The fraction of sp³-hybridized carbons (Fsp3) is 0.421. The third-order valence-corrected chi connectivity index (χ3v) is 7.76. The minimum atomic E-state index is -5.54. The number of piperidine rings is 3. The number of alkyl halides is 3. The number of hydrogen-bond donors (Lipinski definition) is 2. The van der Waals surface area contributed by atoms with Gasteiger partial charge in [0, 0.05) is 23.0 Å². The van der Waals surface area contributed by atoms with Crippen LogP contribution in [0.1, 0.15) is 22.5 Å². The molecule has 11 heteroatoms. The van der Waals surface area contributed by atoms with Crippen LogP contribution in [0.4, 0.5) is 18.9 Å². The quantitative estimate of drug-likeness (QED) is 0.718. The monoisotopic (exact) mass is 459 g/mol. The fourth-order valence-corrected chi connectivity index (χ4v) is 5.49. The first kappa shape index (κ1) is 21.1. The molecule has 30 heavy (non-hydrogen) atoms. The van der Waals surface area contributed by atoms with E-state index in [4.69, 9.17) is 0 Å². The Morgan fingerprint density at radius 3 is 2.43 bits per heavy atom. The molecule has 1 atom stereocenters. The van der Waals surface area contributed by atoms with Crippen molar-refractivity contribution in [2.45, 2.75) is 24.4 Å². The molecule has 3 fully saturated rings. The highest BCUT2D eigenvalue weighted by Crippen LogP contribution is 2.36. The van der Waals surface area contributed by atoms with Gasteiger partial charge in [-0.3, -0.25) is 9.52 Å². The molecule has 1 amide bonds. The highest BCUT2D eigenvalue weighted by molar-refractivity contribution is 7.93. The number of sulfonamides is 1. The molecule has 2 bridgehead atoms. The lowest BCUT2D eigenvalue weighted by Crippen LogP contribution is -2.57. The van der Waals surface area contributed by atoms with Gasteiger partial charge in [0.2, 0.25) is 0 Å². The van der Waals surface area contributed by atoms with Gasteiger partial charge in [-0.15, -0.1) is 11.3 Å². The molecule has 1 aromatic carbocycles. The van der Waals surface area contributed by atoms with Gasteiger partial charge in [0.15, 0.2) is 0 Å². The highest BCUT2D eigenvalue weighted by Gasteiger charge is 2.46. The summed E-state index contributed by atoms with van der Waals surface area (Å²) in [5.74, 6) is 0.245. The molecule has 0 spiro atoms. The number of amides is 1. The number of rotatable bonds is 5. The third-order valence-electron chi connectivity index (χ3n) is 5.54. The van der Waals surface area contributed by atoms with E-state index >= 15 is 0 Å². The number of carbonyl (C=O) groups excluding carboxylic acids is 1. The van der Waals surface area contributed by atoms with Crippen molar-refractivity contribution in [3.8, 4) is 10.4 Å². The number of halogens is 3. The van der Waals surface area contributed by atoms with Gasteiger partial charge < -0.3 is 10.2 Å². The van der Waals surface area contributed by atoms with E-state index in [9.17, 15) is 26.4 Å². The smallest absolute Gasteiger partial charge is 0.347 e. The minimum absolute atomic E-state index is 0.0939. The van der Waals surface area contributed by atoms with Crippen molar-refractivity contribution in [2.75, 3.05) is 24.4 Å². The molecule has 0 saturated carbocycles. The molecule has 3 aliphatic rings. The lowest BCUT2D eigenvalue weighted by atomic mass is 9.84. The molecule has 2 N–H and O–H groups in total. The summed E-state index contributed by atoms with van der Waals surface area (Å²) in [5.41, 5.74) is -5.34. The highest BCUT2D eigenvalue weighted by atomic mass is 32.2. The van der Waals surface area contributed by atoms with Crippen LogP contribution < -0.4 is 10.0 Å². The van der Waals surface area contributed by atoms with Crippen molar-refractivity contribution in [2.24, 2.45) is 5.92 Å². The molecule has 6 nitrogen and oxygen atoms in total. The molecule has 3 aliphatic heterocycles. The SMILES string of the molecule is O=C(NC1CN2CCC1CC2)c1ccc(-c2ccccc2NS(=O)(=O)C(F)(F)F)s1. The first-order chi connectivity index (χ1) is 14.1. The van der Waals surface area contributed by atoms with Crippen LogP contribution in [-0.2, 0) is 10.0 Å². The molecule has 1 aromatic heterocycles. The fourth-order valence-electron chi connectivity index (χ4n) is 3.96. The number of nitrogens with zero attached hydrogens (tertiary/aromatic N) is 1. The number of thiophene rings is 1. The second-order valence-electron chi connectivity index (χ2n) is 7.48. The average molecular weight is 460 g/mol. The van der Waals surface area contributed by atoms with E-state index in [0.29, 0.717) is 15.7 Å². The summed E-state index contributed by atoms with van der Waals surface area (Å²) in [4.78, 5) is 15.9. The molecule has 2 aromatic rings. The summed E-state index contributed by atoms with van der Waals surface area (Å²) >= 11 is 1.11. The number of fused-ring (bicyclic) bond motifs is 3. The van der Waals surface area contributed by atoms with Gasteiger partial charge in [0.1, 0.15) is 0 Å². The minimum Gasteiger partial charge on any atom is -0.347 e. The van der Waals surface area contributed by atoms with E-state index in [-0.39, 0.29) is 23.2 Å². The largest absolute Gasteiger partial charge is 0.516 e. The van der Waals surface area contributed by atoms with Gasteiger partial charge in [-0.05, 0) is 50.0 Å². The molecular weight excluding hydrogens is 439 g/mol. The molecular formula is C19H20F3N3O3S2. The predicted octanol–water partition coefficient (Wildman–Crippen LogP) is 3.50. The van der Waals surface area contributed by atoms with Crippen LogP contribution in [0.15, 0.2) is 36.4 Å². The second-order valence-corrected chi connectivity index (χ2v) is 10.2. The molecule has 1 unspecified atom stereocenters. The summed E-state index contributed by atoms with van der Waals surface area (Å²) in [7, 11) is -5.54.